The largest absolute Gasteiger partial charge is 0.454 e. The fraction of sp³-hybridized carbons (Fsp3) is 0.117. The molecule has 14 aromatic carbocycles. The third-order valence-electron chi connectivity index (χ3n) is 21.3. The van der Waals surface area contributed by atoms with Crippen LogP contribution in [0, 0.1) is 213 Å². The van der Waals surface area contributed by atoms with Crippen LogP contribution in [0.25, 0.3) is 66.8 Å². The highest BCUT2D eigenvalue weighted by atomic mass is 19.2. The van der Waals surface area contributed by atoms with Gasteiger partial charge in [-0.1, -0.05) is 176 Å². The van der Waals surface area contributed by atoms with E-state index < -0.39 is 40.7 Å². The minimum atomic E-state index is -0.715. The molecule has 0 amide bonds. The SMILES string of the molecule is CN(C)c1c(C#N)ccc(F)c1C#N.Cc1cccc(C)c1-c1cc(C#N)cc(C#N)c1F.N#Cc1c(F)c(-c2ccccc2)c(-c2ccccc2)c(C#N)c1Oc1ccccc1.N#Cc1cc(C#N)c(F)c(-c2cccc(-c3ccccc3)c2)c1.N#Cc1cc(C#N)c(F)c(-c2ccccc2)c1.N#Cc1ccc(F)c(C#N)c1N1CCCCC1.N#Cc1ccc(F)c(C#N)c1N1CCOCC1. The lowest BCUT2D eigenvalue weighted by Crippen LogP contribution is -2.37. The molecule has 0 aliphatic carbocycles. The average Bonchev–Trinajstić information content (AvgIpc) is 0.743. The van der Waals surface area contributed by atoms with Crippen LogP contribution in [0.15, 0.2) is 267 Å². The number of halogens is 7. The van der Waals surface area contributed by atoms with Gasteiger partial charge in [0.1, 0.15) is 135 Å². The van der Waals surface area contributed by atoms with Crippen LogP contribution in [0.2, 0.25) is 0 Å². The maximum atomic E-state index is 15.8. The van der Waals surface area contributed by atoms with Crippen LogP contribution in [-0.2, 0) is 4.74 Å². The van der Waals surface area contributed by atoms with Gasteiger partial charge in [-0.3, -0.25) is 0 Å². The van der Waals surface area contributed by atoms with Crippen LogP contribution < -0.4 is 19.4 Å². The van der Waals surface area contributed by atoms with Gasteiger partial charge in [-0.05, 0) is 174 Å². The number of benzene rings is 14. The fourth-order valence-electron chi connectivity index (χ4n) is 15.0. The van der Waals surface area contributed by atoms with E-state index in [4.69, 9.17) is 72.6 Å². The van der Waals surface area contributed by atoms with Gasteiger partial charge in [0.05, 0.1) is 98.6 Å². The normalized spacial score (nSPS) is 11.0. The van der Waals surface area contributed by atoms with Crippen molar-refractivity contribution in [3.8, 4) is 163 Å². The summed E-state index contributed by atoms with van der Waals surface area (Å²) < 4.78 is 110. The standard InChI is InChI=1S/C26H15FN2O.C20H11FN2.C16H11FN2.C14H7FN2.C13H12FN3.C12H10FN3O.C10H8FN3/c27-25-22(17-29)26(30-20-14-8-3-9-15-20)21(16-28)23(18-10-4-1-5-11-18)24(25)19-12-6-2-7-13-19;21-20-18(13-23)9-14(12-22)10-19(20)17-8-4-7-16(11-17)15-5-2-1-3-6-15;1-10-4-3-5-11(2)15(10)14-7-12(8-18)6-13(9-19)16(14)17;15-14-12(9-17)6-10(8-16)7-13(14)11-4-2-1-3-5-11;14-12-5-4-10(8-15)13(11(12)9-16)17-6-2-1-3-7-17;13-11-2-1-9(7-14)12(10(11)8-15)16-3-5-17-6-4-16;1-14(2)10-7(5-12)3-4-9(11)8(10)6-13/h1-15H;1-11H;3-7H,1-2H3;1-7H;4-5H,1-3,6-7H2;1-2H,3-6H2;3-4H,1-2H3. The highest BCUT2D eigenvalue weighted by Crippen LogP contribution is 2.46. The number of nitrogens with zero attached hydrogens (tertiary/aromatic N) is 17. The van der Waals surface area contributed by atoms with Crippen LogP contribution in [-0.4, -0.2) is 53.5 Å². The molecule has 0 radical (unpaired) electrons. The van der Waals surface area contributed by atoms with Crippen LogP contribution >= 0.6 is 0 Å². The molecule has 0 N–H and O–H groups in total. The minimum Gasteiger partial charge on any atom is -0.454 e. The van der Waals surface area contributed by atoms with Gasteiger partial charge in [-0.25, -0.2) is 30.7 Å². The molecular formula is C111H74F7N17O2. The molecule has 2 aliphatic rings. The van der Waals surface area contributed by atoms with Crippen molar-refractivity contribution in [1.29, 1.82) is 73.7 Å². The Labute approximate surface area is 787 Å². The lowest BCUT2D eigenvalue weighted by molar-refractivity contribution is 0.122. The lowest BCUT2D eigenvalue weighted by atomic mass is 9.87. The first-order valence-electron chi connectivity index (χ1n) is 41.8. The van der Waals surface area contributed by atoms with E-state index >= 15 is 4.39 Å². The summed E-state index contributed by atoms with van der Waals surface area (Å²) in [5, 5.41) is 127. The Morgan fingerprint density at radius 3 is 1.07 bits per heavy atom. The van der Waals surface area contributed by atoms with Crippen LogP contribution in [0.1, 0.15) is 108 Å². The van der Waals surface area contributed by atoms with Gasteiger partial charge in [0.25, 0.3) is 0 Å². The fourth-order valence-corrected chi connectivity index (χ4v) is 15.0. The van der Waals surface area contributed by atoms with Crippen molar-refractivity contribution in [2.24, 2.45) is 0 Å². The van der Waals surface area contributed by atoms with Gasteiger partial charge in [0.15, 0.2) is 11.6 Å². The summed E-state index contributed by atoms with van der Waals surface area (Å²) in [6.45, 7) is 7.50. The van der Waals surface area contributed by atoms with E-state index in [9.17, 15) is 36.9 Å². The van der Waals surface area contributed by atoms with Gasteiger partial charge in [0.2, 0.25) is 0 Å². The summed E-state index contributed by atoms with van der Waals surface area (Å²) in [6.07, 6.45) is 3.19. The highest BCUT2D eigenvalue weighted by Gasteiger charge is 2.30. The monoisotopic (exact) mass is 1810 g/mol. The summed E-state index contributed by atoms with van der Waals surface area (Å²) in [5.74, 6) is -3.88. The maximum Gasteiger partial charge on any atom is 0.166 e. The van der Waals surface area contributed by atoms with Crippen molar-refractivity contribution in [3.05, 3.63) is 397 Å². The topological polar surface area (TPSA) is 361 Å². The van der Waals surface area contributed by atoms with Crippen molar-refractivity contribution in [3.63, 3.8) is 0 Å². The Hall–Kier alpha value is -19.4. The molecule has 16 rings (SSSR count). The Morgan fingerprint density at radius 2 is 0.642 bits per heavy atom. The lowest BCUT2D eigenvalue weighted by Gasteiger charge is -2.30. The number of hydrogen-bond acceptors (Lipinski definition) is 19. The number of rotatable bonds is 11. The maximum absolute atomic E-state index is 15.8. The van der Waals surface area contributed by atoms with E-state index in [1.807, 2.05) is 181 Å². The van der Waals surface area contributed by atoms with Crippen molar-refractivity contribution >= 4 is 17.1 Å². The van der Waals surface area contributed by atoms with Crippen molar-refractivity contribution in [2.75, 3.05) is 68.2 Å². The number of hydrogen-bond donors (Lipinski definition) is 0. The molecule has 0 saturated carbocycles. The molecule has 2 saturated heterocycles. The highest BCUT2D eigenvalue weighted by molar-refractivity contribution is 5.92. The molecule has 664 valence electrons. The van der Waals surface area contributed by atoms with Crippen LogP contribution in [0.5, 0.6) is 11.5 Å². The summed E-state index contributed by atoms with van der Waals surface area (Å²) in [7, 11) is 3.33. The molecule has 14 aromatic rings. The quantitative estimate of drug-likeness (QED) is 0.109. The molecule has 137 heavy (non-hydrogen) atoms. The van der Waals surface area contributed by atoms with E-state index in [0.29, 0.717) is 99.2 Å². The molecule has 0 spiro atoms. The number of anilines is 3. The summed E-state index contributed by atoms with van der Waals surface area (Å²) in [6, 6.07) is 101. The molecule has 2 fully saturated rings. The number of nitriles is 14. The molecule has 0 bridgehead atoms. The van der Waals surface area contributed by atoms with Gasteiger partial charge in [-0.2, -0.15) is 73.7 Å². The number of para-hydroxylation sites is 1. The smallest absolute Gasteiger partial charge is 0.166 e. The first-order chi connectivity index (χ1) is 66.5. The van der Waals surface area contributed by atoms with E-state index in [0.717, 1.165) is 72.3 Å². The second-order valence-corrected chi connectivity index (χ2v) is 30.1. The predicted octanol–water partition coefficient (Wildman–Crippen LogP) is 24.3. The van der Waals surface area contributed by atoms with Crippen LogP contribution in [0.4, 0.5) is 47.8 Å². The Morgan fingerprint density at radius 1 is 0.285 bits per heavy atom. The van der Waals surface area contributed by atoms with Crippen molar-refractivity contribution in [1.82, 2.24) is 0 Å². The second kappa shape index (κ2) is 48.9. The molecule has 19 nitrogen and oxygen atoms in total. The van der Waals surface area contributed by atoms with Crippen LogP contribution in [0.3, 0.4) is 0 Å². The Balaban J connectivity index is 0.000000167. The number of aryl methyl sites for hydroxylation is 2. The number of morpholine rings is 1. The molecule has 2 aliphatic heterocycles. The number of ether oxygens (including phenoxy) is 2. The first kappa shape index (κ1) is 99.8. The van der Waals surface area contributed by atoms with Gasteiger partial charge < -0.3 is 24.2 Å². The molecule has 0 aromatic heterocycles. The van der Waals surface area contributed by atoms with Gasteiger partial charge >= 0.3 is 0 Å². The van der Waals surface area contributed by atoms with E-state index in [-0.39, 0.29) is 83.6 Å². The second-order valence-electron chi connectivity index (χ2n) is 30.1. The van der Waals surface area contributed by atoms with Crippen molar-refractivity contribution in [2.45, 2.75) is 33.1 Å². The van der Waals surface area contributed by atoms with Gasteiger partial charge in [-0.15, -0.1) is 0 Å². The third kappa shape index (κ3) is 24.2. The number of piperidine rings is 1. The van der Waals surface area contributed by atoms with Gasteiger partial charge in [0, 0.05) is 68.1 Å². The van der Waals surface area contributed by atoms with E-state index in [1.165, 1.54) is 60.7 Å². The Bertz CT molecular complexity index is 7370. The molecule has 0 atom stereocenters. The zero-order valence-corrected chi connectivity index (χ0v) is 73.8. The van der Waals surface area contributed by atoms with Crippen molar-refractivity contribution < 1.29 is 40.2 Å². The summed E-state index contributed by atoms with van der Waals surface area (Å²) >= 11 is 0. The van der Waals surface area contributed by atoms with E-state index in [1.54, 1.807) is 134 Å². The molecule has 2 heterocycles. The first-order valence-corrected chi connectivity index (χ1v) is 41.8. The summed E-state index contributed by atoms with van der Waals surface area (Å²) in [4.78, 5) is 5.33. The zero-order chi connectivity index (χ0) is 98.6. The molecular weight excluding hydrogens is 1740 g/mol. The molecule has 0 unspecified atom stereocenters. The third-order valence-corrected chi connectivity index (χ3v) is 21.3. The van der Waals surface area contributed by atoms with E-state index in [2.05, 4.69) is 6.07 Å². The molecule has 26 heteroatoms. The summed E-state index contributed by atoms with van der Waals surface area (Å²) in [5.41, 5.74) is 10.9. The predicted molar refractivity (Wildman–Crippen MR) is 503 cm³/mol. The Kier molecular flexibility index (Phi) is 35.6. The minimum absolute atomic E-state index is 0.00838. The zero-order valence-electron chi connectivity index (χ0n) is 73.8. The average molecular weight is 1810 g/mol.